The molecule has 0 spiro atoms. The molecule has 1 aliphatic heterocycles. The Morgan fingerprint density at radius 2 is 1.97 bits per heavy atom. The first-order valence-corrected chi connectivity index (χ1v) is 11.5. The van der Waals surface area contributed by atoms with Gasteiger partial charge in [-0.1, -0.05) is 25.1 Å². The molecule has 2 aromatic rings. The van der Waals surface area contributed by atoms with Crippen molar-refractivity contribution in [2.45, 2.75) is 56.4 Å². The maximum absolute atomic E-state index is 12.9. The minimum Gasteiger partial charge on any atom is -0.340 e. The van der Waals surface area contributed by atoms with E-state index in [9.17, 15) is 13.2 Å². The van der Waals surface area contributed by atoms with E-state index < -0.39 is 16.1 Å². The number of hydrogen-bond donors (Lipinski definition) is 1. The molecule has 1 saturated heterocycles. The second kappa shape index (κ2) is 7.87. The summed E-state index contributed by atoms with van der Waals surface area (Å²) < 4.78 is 32.5. The number of nitrogens with zero attached hydrogens (tertiary/aromatic N) is 3. The smallest absolute Gasteiger partial charge is 0.251 e. The molecular formula is C20H26N4O4S. The topological polar surface area (TPSA) is 105 Å². The van der Waals surface area contributed by atoms with Crippen LogP contribution in [0.25, 0.3) is 0 Å². The summed E-state index contributed by atoms with van der Waals surface area (Å²) in [6.45, 7) is 4.96. The van der Waals surface area contributed by atoms with Crippen molar-refractivity contribution in [2.75, 3.05) is 13.1 Å². The van der Waals surface area contributed by atoms with Crippen molar-refractivity contribution < 1.29 is 17.7 Å². The van der Waals surface area contributed by atoms with E-state index in [1.54, 1.807) is 12.1 Å². The molecule has 1 aromatic carbocycles. The van der Waals surface area contributed by atoms with Crippen LogP contribution in [0.3, 0.4) is 0 Å². The van der Waals surface area contributed by atoms with Gasteiger partial charge in [0.1, 0.15) is 6.04 Å². The summed E-state index contributed by atoms with van der Waals surface area (Å²) in [5.74, 6) is 1.11. The molecule has 1 unspecified atom stereocenters. The second-order valence-electron chi connectivity index (χ2n) is 8.10. The van der Waals surface area contributed by atoms with Crippen LogP contribution in [0, 0.1) is 5.92 Å². The average molecular weight is 419 g/mol. The molecule has 0 radical (unpaired) electrons. The van der Waals surface area contributed by atoms with E-state index in [-0.39, 0.29) is 22.3 Å². The molecule has 2 aliphatic rings. The van der Waals surface area contributed by atoms with E-state index in [4.69, 9.17) is 4.52 Å². The number of hydrogen-bond acceptors (Lipinski definition) is 6. The van der Waals surface area contributed by atoms with Gasteiger partial charge in [-0.15, -0.1) is 0 Å². The van der Waals surface area contributed by atoms with Crippen molar-refractivity contribution >= 4 is 15.9 Å². The zero-order valence-electron chi connectivity index (χ0n) is 16.7. The largest absolute Gasteiger partial charge is 0.340 e. The summed E-state index contributed by atoms with van der Waals surface area (Å²) in [6, 6.07) is 5.73. The van der Waals surface area contributed by atoms with Crippen LogP contribution in [0.1, 0.15) is 73.6 Å². The minimum absolute atomic E-state index is 0.0305. The van der Waals surface area contributed by atoms with E-state index in [1.165, 1.54) is 16.4 Å². The van der Waals surface area contributed by atoms with Gasteiger partial charge in [0.25, 0.3) is 5.91 Å². The van der Waals surface area contributed by atoms with Crippen LogP contribution in [0.4, 0.5) is 0 Å². The van der Waals surface area contributed by atoms with Crippen LogP contribution < -0.4 is 5.32 Å². The van der Waals surface area contributed by atoms with E-state index in [1.807, 2.05) is 13.8 Å². The third-order valence-corrected chi connectivity index (χ3v) is 7.31. The first-order chi connectivity index (χ1) is 13.9. The van der Waals surface area contributed by atoms with Gasteiger partial charge in [-0.3, -0.25) is 4.79 Å². The van der Waals surface area contributed by atoms with Gasteiger partial charge in [-0.2, -0.15) is 9.29 Å². The van der Waals surface area contributed by atoms with Crippen LogP contribution in [0.2, 0.25) is 0 Å². The summed E-state index contributed by atoms with van der Waals surface area (Å²) in [5, 5.41) is 6.96. The van der Waals surface area contributed by atoms with E-state index in [0.717, 1.165) is 25.7 Å². The number of aromatic nitrogens is 2. The first-order valence-electron chi connectivity index (χ1n) is 10.1. The Morgan fingerprint density at radius 1 is 1.24 bits per heavy atom. The standard InChI is InChI=1S/C20H26N4O4S/c1-13(2)17(20-22-18(23-28-20)14-8-9-14)21-19(25)15-6-5-7-16(12-15)29(26,27)24-10-3-4-11-24/h5-7,12-14,17H,3-4,8-11H2,1-2H3,(H,21,25). The zero-order chi connectivity index (χ0) is 20.6. The summed E-state index contributed by atoms with van der Waals surface area (Å²) in [6.07, 6.45) is 3.86. The SMILES string of the molecule is CC(C)C(NC(=O)c1cccc(S(=O)(=O)N2CCCC2)c1)c1nc(C2CC2)no1. The molecule has 1 amide bonds. The molecule has 9 heteroatoms. The van der Waals surface area contributed by atoms with E-state index >= 15 is 0 Å². The third-order valence-electron chi connectivity index (χ3n) is 5.42. The van der Waals surface area contributed by atoms with Crippen LogP contribution in [-0.4, -0.2) is 41.9 Å². The molecule has 1 atom stereocenters. The number of rotatable bonds is 7. The molecule has 1 aromatic heterocycles. The van der Waals surface area contributed by atoms with Crippen LogP contribution >= 0.6 is 0 Å². The Labute approximate surface area is 170 Å². The zero-order valence-corrected chi connectivity index (χ0v) is 17.5. The van der Waals surface area contributed by atoms with Gasteiger partial charge in [0.2, 0.25) is 15.9 Å². The predicted molar refractivity (Wildman–Crippen MR) is 106 cm³/mol. The van der Waals surface area contributed by atoms with Gasteiger partial charge < -0.3 is 9.84 Å². The summed E-state index contributed by atoms with van der Waals surface area (Å²) in [5.41, 5.74) is 0.290. The molecule has 156 valence electrons. The van der Waals surface area contributed by atoms with Crippen LogP contribution in [-0.2, 0) is 10.0 Å². The van der Waals surface area contributed by atoms with Crippen molar-refractivity contribution in [3.8, 4) is 0 Å². The lowest BCUT2D eigenvalue weighted by molar-refractivity contribution is 0.0913. The summed E-state index contributed by atoms with van der Waals surface area (Å²) in [7, 11) is -3.58. The van der Waals surface area contributed by atoms with Crippen LogP contribution in [0.5, 0.6) is 0 Å². The van der Waals surface area contributed by atoms with Crippen molar-refractivity contribution in [3.63, 3.8) is 0 Å². The van der Waals surface area contributed by atoms with Gasteiger partial charge >= 0.3 is 0 Å². The van der Waals surface area contributed by atoms with Gasteiger partial charge in [0.05, 0.1) is 4.90 Å². The molecule has 1 N–H and O–H groups in total. The maximum atomic E-state index is 12.9. The fourth-order valence-electron chi connectivity index (χ4n) is 3.49. The van der Waals surface area contributed by atoms with Crippen molar-refractivity contribution in [1.29, 1.82) is 0 Å². The number of nitrogens with one attached hydrogen (secondary N) is 1. The highest BCUT2D eigenvalue weighted by atomic mass is 32.2. The maximum Gasteiger partial charge on any atom is 0.251 e. The van der Waals surface area contributed by atoms with Crippen LogP contribution in [0.15, 0.2) is 33.7 Å². The molecule has 8 nitrogen and oxygen atoms in total. The lowest BCUT2D eigenvalue weighted by atomic mass is 10.0. The quantitative estimate of drug-likeness (QED) is 0.741. The van der Waals surface area contributed by atoms with Gasteiger partial charge in [-0.25, -0.2) is 8.42 Å². The van der Waals surface area contributed by atoms with Gasteiger partial charge in [0, 0.05) is 24.6 Å². The Morgan fingerprint density at radius 3 is 2.62 bits per heavy atom. The molecule has 4 rings (SSSR count). The normalized spacial score (nSPS) is 18.9. The monoisotopic (exact) mass is 418 g/mol. The lowest BCUT2D eigenvalue weighted by Crippen LogP contribution is -2.32. The second-order valence-corrected chi connectivity index (χ2v) is 10.0. The molecule has 1 saturated carbocycles. The first kappa shape index (κ1) is 20.0. The Hall–Kier alpha value is -2.26. The number of sulfonamides is 1. The Kier molecular flexibility index (Phi) is 5.44. The predicted octanol–water partition coefficient (Wildman–Crippen LogP) is 2.86. The van der Waals surface area contributed by atoms with E-state index in [2.05, 4.69) is 15.5 Å². The summed E-state index contributed by atoms with van der Waals surface area (Å²) >= 11 is 0. The molecule has 2 fully saturated rings. The lowest BCUT2D eigenvalue weighted by Gasteiger charge is -2.19. The fourth-order valence-corrected chi connectivity index (χ4v) is 5.06. The number of benzene rings is 1. The summed E-state index contributed by atoms with van der Waals surface area (Å²) in [4.78, 5) is 17.5. The Balaban J connectivity index is 1.53. The average Bonchev–Trinajstić information content (AvgIpc) is 3.20. The number of carbonyl (C=O) groups is 1. The highest BCUT2D eigenvalue weighted by Gasteiger charge is 2.32. The van der Waals surface area contributed by atoms with E-state index in [0.29, 0.717) is 30.7 Å². The number of carbonyl (C=O) groups excluding carboxylic acids is 1. The highest BCUT2D eigenvalue weighted by Crippen LogP contribution is 2.38. The number of amides is 1. The molecule has 2 heterocycles. The molecule has 0 bridgehead atoms. The van der Waals surface area contributed by atoms with Crippen molar-refractivity contribution in [3.05, 3.63) is 41.5 Å². The fraction of sp³-hybridized carbons (Fsp3) is 0.550. The molecular weight excluding hydrogens is 392 g/mol. The van der Waals surface area contributed by atoms with Gasteiger partial charge in [-0.05, 0) is 49.8 Å². The van der Waals surface area contributed by atoms with Crippen molar-refractivity contribution in [2.24, 2.45) is 5.92 Å². The minimum atomic E-state index is -3.58. The molecule has 1 aliphatic carbocycles. The van der Waals surface area contributed by atoms with Crippen molar-refractivity contribution in [1.82, 2.24) is 19.8 Å². The Bertz CT molecular complexity index is 991. The third kappa shape index (κ3) is 4.20. The van der Waals surface area contributed by atoms with Gasteiger partial charge in [0.15, 0.2) is 5.82 Å². The molecule has 29 heavy (non-hydrogen) atoms. The highest BCUT2D eigenvalue weighted by molar-refractivity contribution is 7.89.